The second-order valence-electron chi connectivity index (χ2n) is 5.38. The summed E-state index contributed by atoms with van der Waals surface area (Å²) in [5, 5.41) is 12.5. The van der Waals surface area contributed by atoms with Crippen molar-refractivity contribution < 1.29 is 14.7 Å². The number of nitrogens with one attached hydrogen (secondary N) is 1. The van der Waals surface area contributed by atoms with Gasteiger partial charge in [0.15, 0.2) is 0 Å². The van der Waals surface area contributed by atoms with Gasteiger partial charge in [-0.05, 0) is 35.7 Å². The molecule has 1 atom stereocenters. The Hall–Kier alpha value is -1.85. The third kappa shape index (κ3) is 5.65. The Morgan fingerprint density at radius 1 is 1.17 bits per heavy atom. The molecule has 2 aromatic rings. The van der Waals surface area contributed by atoms with Crippen LogP contribution in [0.15, 0.2) is 53.0 Å². The fourth-order valence-electron chi connectivity index (χ4n) is 2.29. The average Bonchev–Trinajstić information content (AvgIpc) is 2.56. The maximum atomic E-state index is 12.1. The molecule has 4 nitrogen and oxygen atoms in total. The minimum atomic E-state index is -1.07. The van der Waals surface area contributed by atoms with Crippen molar-refractivity contribution in [1.29, 1.82) is 0 Å². The van der Waals surface area contributed by atoms with E-state index >= 15 is 0 Å². The fraction of sp³-hybridized carbons (Fsp3) is 0.222. The molecule has 0 aliphatic carbocycles. The van der Waals surface area contributed by atoms with Crippen LogP contribution in [-0.2, 0) is 22.4 Å². The Morgan fingerprint density at radius 3 is 2.54 bits per heavy atom. The van der Waals surface area contributed by atoms with Gasteiger partial charge in [-0.3, -0.25) is 4.79 Å². The largest absolute Gasteiger partial charge is 0.480 e. The van der Waals surface area contributed by atoms with Crippen LogP contribution in [0, 0.1) is 0 Å². The van der Waals surface area contributed by atoms with Crippen molar-refractivity contribution in [2.75, 3.05) is 0 Å². The lowest BCUT2D eigenvalue weighted by Gasteiger charge is -2.16. The molecule has 0 radical (unpaired) electrons. The first kappa shape index (κ1) is 18.5. The molecule has 126 valence electrons. The average molecular weight is 411 g/mol. The summed E-state index contributed by atoms with van der Waals surface area (Å²) in [7, 11) is 0. The van der Waals surface area contributed by atoms with E-state index in [0.717, 1.165) is 15.6 Å². The van der Waals surface area contributed by atoms with Crippen LogP contribution in [0.1, 0.15) is 17.5 Å². The molecule has 0 aliphatic rings. The van der Waals surface area contributed by atoms with Gasteiger partial charge in [-0.2, -0.15) is 0 Å². The number of rotatable bonds is 7. The van der Waals surface area contributed by atoms with Gasteiger partial charge >= 0.3 is 5.97 Å². The summed E-state index contributed by atoms with van der Waals surface area (Å²) in [4.78, 5) is 23.5. The zero-order valence-electron chi connectivity index (χ0n) is 12.8. The molecular weight excluding hydrogens is 394 g/mol. The molecule has 0 saturated carbocycles. The van der Waals surface area contributed by atoms with Gasteiger partial charge in [0.1, 0.15) is 6.04 Å². The molecule has 6 heteroatoms. The molecule has 0 spiro atoms. The number of aryl methyl sites for hydroxylation is 1. The van der Waals surface area contributed by atoms with Gasteiger partial charge in [-0.1, -0.05) is 57.9 Å². The monoisotopic (exact) mass is 409 g/mol. The van der Waals surface area contributed by atoms with E-state index in [2.05, 4.69) is 21.2 Å². The Balaban J connectivity index is 1.96. The Morgan fingerprint density at radius 2 is 1.88 bits per heavy atom. The summed E-state index contributed by atoms with van der Waals surface area (Å²) in [6.45, 7) is 0. The number of carbonyl (C=O) groups is 2. The predicted octanol–water partition coefficient (Wildman–Crippen LogP) is 3.85. The minimum Gasteiger partial charge on any atom is -0.480 e. The van der Waals surface area contributed by atoms with Gasteiger partial charge in [0.05, 0.1) is 0 Å². The number of carboxylic acid groups (broad SMARTS) is 1. The summed E-state index contributed by atoms with van der Waals surface area (Å²) >= 11 is 9.32. The number of hydrogen-bond acceptors (Lipinski definition) is 2. The van der Waals surface area contributed by atoms with E-state index in [9.17, 15) is 14.7 Å². The van der Waals surface area contributed by atoms with E-state index < -0.39 is 12.0 Å². The molecule has 0 unspecified atom stereocenters. The van der Waals surface area contributed by atoms with Crippen LogP contribution in [0.2, 0.25) is 5.02 Å². The summed E-state index contributed by atoms with van der Waals surface area (Å²) in [5.41, 5.74) is 1.77. The van der Waals surface area contributed by atoms with Gasteiger partial charge in [-0.15, -0.1) is 0 Å². The molecule has 0 aliphatic heterocycles. The van der Waals surface area contributed by atoms with Crippen molar-refractivity contribution in [3.05, 3.63) is 69.2 Å². The Bertz CT molecular complexity index is 721. The summed E-state index contributed by atoms with van der Waals surface area (Å²) < 4.78 is 0.761. The lowest BCUT2D eigenvalue weighted by molar-refractivity contribution is -0.141. The van der Waals surface area contributed by atoms with Crippen LogP contribution in [0.25, 0.3) is 0 Å². The van der Waals surface area contributed by atoms with Crippen LogP contribution in [0.4, 0.5) is 0 Å². The maximum absolute atomic E-state index is 12.1. The first-order valence-electron chi connectivity index (χ1n) is 7.45. The number of benzene rings is 2. The molecule has 2 rings (SSSR count). The highest BCUT2D eigenvalue weighted by molar-refractivity contribution is 9.10. The van der Waals surface area contributed by atoms with Crippen LogP contribution < -0.4 is 5.32 Å². The highest BCUT2D eigenvalue weighted by Crippen LogP contribution is 2.22. The third-order valence-electron chi connectivity index (χ3n) is 3.55. The zero-order chi connectivity index (χ0) is 17.5. The van der Waals surface area contributed by atoms with E-state index in [-0.39, 0.29) is 18.7 Å². The second kappa shape index (κ2) is 8.85. The van der Waals surface area contributed by atoms with Crippen molar-refractivity contribution in [2.45, 2.75) is 25.3 Å². The van der Waals surface area contributed by atoms with Gasteiger partial charge < -0.3 is 10.4 Å². The first-order chi connectivity index (χ1) is 11.5. The topological polar surface area (TPSA) is 66.4 Å². The molecule has 2 aromatic carbocycles. The van der Waals surface area contributed by atoms with Crippen LogP contribution >= 0.6 is 27.5 Å². The molecular formula is C18H17BrClNO3. The minimum absolute atomic E-state index is 0.160. The van der Waals surface area contributed by atoms with E-state index in [0.29, 0.717) is 11.4 Å². The van der Waals surface area contributed by atoms with Crippen molar-refractivity contribution in [3.63, 3.8) is 0 Å². The summed E-state index contributed by atoms with van der Waals surface area (Å²) in [6.07, 6.45) is 0.970. The number of carboxylic acids is 1. The van der Waals surface area contributed by atoms with Crippen molar-refractivity contribution >= 4 is 39.4 Å². The van der Waals surface area contributed by atoms with Crippen molar-refractivity contribution in [3.8, 4) is 0 Å². The van der Waals surface area contributed by atoms with Crippen LogP contribution in [0.3, 0.4) is 0 Å². The number of hydrogen-bond donors (Lipinski definition) is 2. The molecule has 2 N–H and O–H groups in total. The number of aliphatic carboxylic acids is 1. The zero-order valence-corrected chi connectivity index (χ0v) is 15.2. The van der Waals surface area contributed by atoms with E-state index in [1.807, 2.05) is 30.3 Å². The lowest BCUT2D eigenvalue weighted by Crippen LogP contribution is -2.42. The second-order valence-corrected chi connectivity index (χ2v) is 6.67. The fourth-order valence-corrected chi connectivity index (χ4v) is 2.89. The normalized spacial score (nSPS) is 11.8. The van der Waals surface area contributed by atoms with Gasteiger partial charge in [-0.25, -0.2) is 4.79 Å². The predicted molar refractivity (Wildman–Crippen MR) is 97.2 cm³/mol. The van der Waals surface area contributed by atoms with Crippen LogP contribution in [0.5, 0.6) is 0 Å². The van der Waals surface area contributed by atoms with E-state index in [4.69, 9.17) is 11.6 Å². The van der Waals surface area contributed by atoms with Crippen molar-refractivity contribution in [2.24, 2.45) is 0 Å². The smallest absolute Gasteiger partial charge is 0.326 e. The molecule has 0 aromatic heterocycles. The van der Waals surface area contributed by atoms with E-state index in [1.165, 1.54) is 0 Å². The standard InChI is InChI=1S/C18H17BrClNO3/c19-15-8-7-14(20)10-13(15)11-16(18(23)24)21-17(22)9-6-12-4-2-1-3-5-12/h1-5,7-8,10,16H,6,9,11H2,(H,21,22)(H,23,24)/t16-/m0/s1. The van der Waals surface area contributed by atoms with Crippen LogP contribution in [-0.4, -0.2) is 23.0 Å². The SMILES string of the molecule is O=C(CCc1ccccc1)N[C@@H](Cc1cc(Cl)ccc1Br)C(=O)O. The van der Waals surface area contributed by atoms with Gasteiger partial charge in [0.2, 0.25) is 5.91 Å². The summed E-state index contributed by atoms with van der Waals surface area (Å²) in [5.74, 6) is -1.36. The number of carbonyl (C=O) groups excluding carboxylic acids is 1. The highest BCUT2D eigenvalue weighted by atomic mass is 79.9. The maximum Gasteiger partial charge on any atom is 0.326 e. The Labute approximate surface area is 154 Å². The lowest BCUT2D eigenvalue weighted by atomic mass is 10.1. The van der Waals surface area contributed by atoms with Gasteiger partial charge in [0.25, 0.3) is 0 Å². The van der Waals surface area contributed by atoms with Crippen molar-refractivity contribution in [1.82, 2.24) is 5.32 Å². The Kier molecular flexibility index (Phi) is 6.82. The molecule has 0 fully saturated rings. The molecule has 0 bridgehead atoms. The van der Waals surface area contributed by atoms with E-state index in [1.54, 1.807) is 18.2 Å². The van der Waals surface area contributed by atoms with Gasteiger partial charge in [0, 0.05) is 22.3 Å². The number of halogens is 2. The summed E-state index contributed by atoms with van der Waals surface area (Å²) in [6, 6.07) is 13.8. The molecule has 24 heavy (non-hydrogen) atoms. The highest BCUT2D eigenvalue weighted by Gasteiger charge is 2.21. The molecule has 0 heterocycles. The third-order valence-corrected chi connectivity index (χ3v) is 4.56. The molecule has 0 saturated heterocycles. The quantitative estimate of drug-likeness (QED) is 0.728. The number of amides is 1. The molecule has 1 amide bonds. The first-order valence-corrected chi connectivity index (χ1v) is 8.63.